The zero-order valence-electron chi connectivity index (χ0n) is 4.42. The Morgan fingerprint density at radius 1 is 1.57 bits per heavy atom. The third-order valence-corrected chi connectivity index (χ3v) is 2.66. The van der Waals surface area contributed by atoms with Gasteiger partial charge in [-0.05, 0) is 11.7 Å². The minimum atomic E-state index is -0.0231. The molecule has 1 nitrogen and oxygen atoms in total. The Morgan fingerprint density at radius 2 is 2.29 bits per heavy atom. The molecule has 0 unspecified atom stereocenters. The van der Waals surface area contributed by atoms with Crippen molar-refractivity contribution in [2.75, 3.05) is 11.5 Å². The largest absolute Gasteiger partial charge is 0.392 e. The molecule has 7 heavy (non-hydrogen) atoms. The van der Waals surface area contributed by atoms with Crippen molar-refractivity contribution in [3.63, 3.8) is 0 Å². The van der Waals surface area contributed by atoms with Gasteiger partial charge in [0, 0.05) is 5.75 Å². The zero-order valence-corrected chi connectivity index (χ0v) is 5.24. The van der Waals surface area contributed by atoms with E-state index in [0.717, 1.165) is 11.5 Å². The molecule has 42 valence electrons. The van der Waals surface area contributed by atoms with Crippen LogP contribution in [0.25, 0.3) is 0 Å². The fourth-order valence-corrected chi connectivity index (χ4v) is 1.95. The van der Waals surface area contributed by atoms with E-state index in [-0.39, 0.29) is 6.10 Å². The highest BCUT2D eigenvalue weighted by atomic mass is 32.2. The molecule has 1 fully saturated rings. The highest BCUT2D eigenvalue weighted by molar-refractivity contribution is 7.99. The molecule has 1 aliphatic heterocycles. The van der Waals surface area contributed by atoms with Crippen LogP contribution in [0.5, 0.6) is 0 Å². The summed E-state index contributed by atoms with van der Waals surface area (Å²) in [5.41, 5.74) is 0. The van der Waals surface area contributed by atoms with E-state index in [1.54, 1.807) is 0 Å². The molecule has 0 saturated carbocycles. The van der Waals surface area contributed by atoms with Gasteiger partial charge in [0.1, 0.15) is 0 Å². The molecule has 0 bridgehead atoms. The van der Waals surface area contributed by atoms with Crippen LogP contribution in [0.3, 0.4) is 0 Å². The number of thioether (sulfide) groups is 1. The molecule has 0 aromatic rings. The quantitative estimate of drug-likeness (QED) is 0.506. The number of hydrogen-bond acceptors (Lipinski definition) is 2. The van der Waals surface area contributed by atoms with Crippen LogP contribution in [-0.4, -0.2) is 22.7 Å². The second-order valence-corrected chi connectivity index (χ2v) is 3.16. The predicted octanol–water partition coefficient (Wildman–Crippen LogP) is 0.730. The number of rotatable bonds is 0. The lowest BCUT2D eigenvalue weighted by molar-refractivity contribution is 0.159. The molecule has 0 radical (unpaired) electrons. The van der Waals surface area contributed by atoms with Crippen LogP contribution < -0.4 is 0 Å². The van der Waals surface area contributed by atoms with Gasteiger partial charge < -0.3 is 5.11 Å². The molecule has 0 aromatic carbocycles. The summed E-state index contributed by atoms with van der Waals surface area (Å²) in [5, 5.41) is 8.98. The molecule has 0 spiro atoms. The van der Waals surface area contributed by atoms with E-state index in [1.807, 2.05) is 11.8 Å². The molecular weight excluding hydrogens is 108 g/mol. The van der Waals surface area contributed by atoms with Gasteiger partial charge in [0.05, 0.1) is 6.10 Å². The maximum Gasteiger partial charge on any atom is 0.0663 e. The van der Waals surface area contributed by atoms with Crippen molar-refractivity contribution in [2.45, 2.75) is 13.0 Å². The van der Waals surface area contributed by atoms with Crippen LogP contribution >= 0.6 is 11.8 Å². The van der Waals surface area contributed by atoms with Gasteiger partial charge >= 0.3 is 0 Å². The normalized spacial score (nSPS) is 42.0. The molecule has 0 amide bonds. The first-order chi connectivity index (χ1) is 3.30. The molecule has 1 saturated heterocycles. The highest BCUT2D eigenvalue weighted by Crippen LogP contribution is 2.22. The molecule has 1 rings (SSSR count). The van der Waals surface area contributed by atoms with E-state index in [4.69, 9.17) is 5.11 Å². The summed E-state index contributed by atoms with van der Waals surface area (Å²) in [7, 11) is 0. The van der Waals surface area contributed by atoms with Gasteiger partial charge in [0.25, 0.3) is 0 Å². The maximum absolute atomic E-state index is 8.98. The van der Waals surface area contributed by atoms with Crippen LogP contribution in [0, 0.1) is 5.92 Å². The van der Waals surface area contributed by atoms with Crippen LogP contribution in [0.15, 0.2) is 0 Å². The molecule has 0 aliphatic carbocycles. The summed E-state index contributed by atoms with van der Waals surface area (Å²) >= 11 is 1.84. The lowest BCUT2D eigenvalue weighted by Gasteiger charge is -2.02. The summed E-state index contributed by atoms with van der Waals surface area (Å²) in [4.78, 5) is 0. The molecule has 2 heteroatoms. The minimum absolute atomic E-state index is 0.0231. The van der Waals surface area contributed by atoms with Crippen molar-refractivity contribution in [3.8, 4) is 0 Å². The van der Waals surface area contributed by atoms with Gasteiger partial charge in [-0.25, -0.2) is 0 Å². The fraction of sp³-hybridized carbons (Fsp3) is 1.00. The minimum Gasteiger partial charge on any atom is -0.392 e. The lowest BCUT2D eigenvalue weighted by Crippen LogP contribution is -2.13. The van der Waals surface area contributed by atoms with Crippen LogP contribution in [0.2, 0.25) is 0 Å². The first kappa shape index (κ1) is 5.45. The maximum atomic E-state index is 8.98. The van der Waals surface area contributed by atoms with E-state index in [0.29, 0.717) is 5.92 Å². The fourth-order valence-electron chi connectivity index (χ4n) is 0.650. The second-order valence-electron chi connectivity index (χ2n) is 2.08. The van der Waals surface area contributed by atoms with Gasteiger partial charge in [-0.1, -0.05) is 6.92 Å². The summed E-state index contributed by atoms with van der Waals surface area (Å²) in [6.07, 6.45) is -0.0231. The molecular formula is C5H10OS. The number of aliphatic hydroxyl groups is 1. The summed E-state index contributed by atoms with van der Waals surface area (Å²) < 4.78 is 0. The molecule has 0 aromatic heterocycles. The van der Waals surface area contributed by atoms with E-state index >= 15 is 0 Å². The first-order valence-corrected chi connectivity index (χ1v) is 3.72. The van der Waals surface area contributed by atoms with Crippen molar-refractivity contribution >= 4 is 11.8 Å². The van der Waals surface area contributed by atoms with Crippen molar-refractivity contribution in [2.24, 2.45) is 5.92 Å². The highest BCUT2D eigenvalue weighted by Gasteiger charge is 2.20. The summed E-state index contributed by atoms with van der Waals surface area (Å²) in [5.74, 6) is 2.62. The van der Waals surface area contributed by atoms with Gasteiger partial charge in [0.15, 0.2) is 0 Å². The van der Waals surface area contributed by atoms with Crippen molar-refractivity contribution in [1.29, 1.82) is 0 Å². The van der Waals surface area contributed by atoms with E-state index in [9.17, 15) is 0 Å². The van der Waals surface area contributed by atoms with Crippen LogP contribution in [0.1, 0.15) is 6.92 Å². The summed E-state index contributed by atoms with van der Waals surface area (Å²) in [6.45, 7) is 2.09. The Morgan fingerprint density at radius 3 is 2.43 bits per heavy atom. The van der Waals surface area contributed by atoms with Gasteiger partial charge in [-0.2, -0.15) is 11.8 Å². The summed E-state index contributed by atoms with van der Waals surface area (Å²) in [6, 6.07) is 0. The number of aliphatic hydroxyl groups excluding tert-OH is 1. The predicted molar refractivity (Wildman–Crippen MR) is 32.5 cm³/mol. The number of hydrogen-bond donors (Lipinski definition) is 1. The topological polar surface area (TPSA) is 20.2 Å². The van der Waals surface area contributed by atoms with Gasteiger partial charge in [-0.15, -0.1) is 0 Å². The average molecular weight is 118 g/mol. The molecule has 2 atom stereocenters. The van der Waals surface area contributed by atoms with E-state index in [2.05, 4.69) is 6.92 Å². The Bertz CT molecular complexity index is 57.1. The molecule has 1 N–H and O–H groups in total. The third-order valence-electron chi connectivity index (χ3n) is 1.33. The van der Waals surface area contributed by atoms with E-state index < -0.39 is 0 Å². The van der Waals surface area contributed by atoms with Gasteiger partial charge in [-0.3, -0.25) is 0 Å². The Labute approximate surface area is 48.1 Å². The Kier molecular flexibility index (Phi) is 1.60. The second kappa shape index (κ2) is 2.05. The van der Waals surface area contributed by atoms with Crippen molar-refractivity contribution < 1.29 is 5.11 Å². The van der Waals surface area contributed by atoms with Gasteiger partial charge in [0.2, 0.25) is 0 Å². The van der Waals surface area contributed by atoms with Crippen molar-refractivity contribution in [3.05, 3.63) is 0 Å². The zero-order chi connectivity index (χ0) is 5.28. The average Bonchev–Trinajstić information content (AvgIpc) is 1.91. The van der Waals surface area contributed by atoms with Crippen LogP contribution in [-0.2, 0) is 0 Å². The smallest absolute Gasteiger partial charge is 0.0663 e. The third kappa shape index (κ3) is 1.10. The van der Waals surface area contributed by atoms with E-state index in [1.165, 1.54) is 0 Å². The molecule has 1 aliphatic rings. The Hall–Kier alpha value is 0.310. The van der Waals surface area contributed by atoms with Crippen LogP contribution in [0.4, 0.5) is 0 Å². The molecule has 1 heterocycles. The first-order valence-electron chi connectivity index (χ1n) is 2.56. The SMILES string of the molecule is C[C@@H]1CSC[C@H]1O. The van der Waals surface area contributed by atoms with Crippen molar-refractivity contribution in [1.82, 2.24) is 0 Å². The Balaban J connectivity index is 2.33. The standard InChI is InChI=1S/C5H10OS/c1-4-2-7-3-5(4)6/h4-6H,2-3H2,1H3/t4-,5-/m1/s1. The lowest BCUT2D eigenvalue weighted by atomic mass is 10.1. The monoisotopic (exact) mass is 118 g/mol.